The topological polar surface area (TPSA) is 62.3 Å². The van der Waals surface area contributed by atoms with Crippen LogP contribution in [0.2, 0.25) is 0 Å². The van der Waals surface area contributed by atoms with Gasteiger partial charge in [0, 0.05) is 37.5 Å². The molecule has 3 rings (SSSR count). The van der Waals surface area contributed by atoms with E-state index < -0.39 is 0 Å². The van der Waals surface area contributed by atoms with Gasteiger partial charge in [0.2, 0.25) is 11.8 Å². The zero-order valence-electron chi connectivity index (χ0n) is 14.6. The van der Waals surface area contributed by atoms with Gasteiger partial charge in [-0.25, -0.2) is 0 Å². The van der Waals surface area contributed by atoms with E-state index in [1.807, 2.05) is 12.3 Å². The molecular weight excluding hydrogens is 302 g/mol. The number of nitrogens with one attached hydrogen (secondary N) is 1. The summed E-state index contributed by atoms with van der Waals surface area (Å²) in [5.41, 5.74) is 2.09. The molecule has 5 heteroatoms. The molecule has 0 spiro atoms. The van der Waals surface area contributed by atoms with Crippen molar-refractivity contribution in [2.75, 3.05) is 18.0 Å². The lowest BCUT2D eigenvalue weighted by atomic mass is 9.86. The standard InChI is InChI=1S/C19H27N3O2/c1-13(2)14-7-9-22(10-8-14)17-5-4-16(20-12-17)11-15-3-6-18(23)21-19(15)24/h4-5,12-15H,3,6-11H2,1-2H3,(H,21,23,24). The average Bonchev–Trinajstić information content (AvgIpc) is 2.58. The van der Waals surface area contributed by atoms with E-state index in [1.54, 1.807) is 0 Å². The van der Waals surface area contributed by atoms with E-state index in [1.165, 1.54) is 18.5 Å². The van der Waals surface area contributed by atoms with Gasteiger partial charge in [-0.1, -0.05) is 13.8 Å². The Bertz CT molecular complexity index is 589. The molecule has 0 aromatic carbocycles. The fourth-order valence-electron chi connectivity index (χ4n) is 3.73. The Morgan fingerprint density at radius 1 is 1.21 bits per heavy atom. The molecule has 3 heterocycles. The first kappa shape index (κ1) is 16.9. The number of imide groups is 1. The molecule has 1 aromatic heterocycles. The number of piperidine rings is 2. The Labute approximate surface area is 143 Å². The fourth-order valence-corrected chi connectivity index (χ4v) is 3.73. The number of nitrogens with zero attached hydrogens (tertiary/aromatic N) is 2. The van der Waals surface area contributed by atoms with Crippen LogP contribution in [-0.2, 0) is 16.0 Å². The number of pyridine rings is 1. The zero-order valence-corrected chi connectivity index (χ0v) is 14.6. The van der Waals surface area contributed by atoms with E-state index in [9.17, 15) is 9.59 Å². The third-order valence-corrected chi connectivity index (χ3v) is 5.47. The highest BCUT2D eigenvalue weighted by Gasteiger charge is 2.27. The van der Waals surface area contributed by atoms with Crippen LogP contribution in [0.4, 0.5) is 5.69 Å². The van der Waals surface area contributed by atoms with Gasteiger partial charge in [-0.3, -0.25) is 19.9 Å². The van der Waals surface area contributed by atoms with Crippen LogP contribution in [0, 0.1) is 17.8 Å². The first-order valence-electron chi connectivity index (χ1n) is 9.06. The Morgan fingerprint density at radius 2 is 1.96 bits per heavy atom. The third kappa shape index (κ3) is 3.94. The third-order valence-electron chi connectivity index (χ3n) is 5.47. The molecule has 1 atom stereocenters. The van der Waals surface area contributed by atoms with Gasteiger partial charge in [-0.05, 0) is 43.2 Å². The summed E-state index contributed by atoms with van der Waals surface area (Å²) in [5, 5.41) is 2.41. The van der Waals surface area contributed by atoms with Crippen molar-refractivity contribution in [1.82, 2.24) is 10.3 Å². The van der Waals surface area contributed by atoms with Gasteiger partial charge in [0.1, 0.15) is 0 Å². The molecule has 0 bridgehead atoms. The van der Waals surface area contributed by atoms with Crippen LogP contribution in [0.3, 0.4) is 0 Å². The molecule has 2 amide bonds. The van der Waals surface area contributed by atoms with Gasteiger partial charge in [0.15, 0.2) is 0 Å². The maximum atomic E-state index is 11.8. The summed E-state index contributed by atoms with van der Waals surface area (Å²) in [6.45, 7) is 6.81. The minimum atomic E-state index is -0.163. The Kier molecular flexibility index (Phi) is 5.17. The van der Waals surface area contributed by atoms with Crippen molar-refractivity contribution < 1.29 is 9.59 Å². The maximum absolute atomic E-state index is 11.8. The first-order chi connectivity index (χ1) is 11.5. The lowest BCUT2D eigenvalue weighted by molar-refractivity contribution is -0.136. The Hall–Kier alpha value is -1.91. The molecule has 2 fully saturated rings. The zero-order chi connectivity index (χ0) is 17.1. The van der Waals surface area contributed by atoms with Crippen LogP contribution < -0.4 is 10.2 Å². The summed E-state index contributed by atoms with van der Waals surface area (Å²) in [4.78, 5) is 30.0. The molecule has 1 N–H and O–H groups in total. The minimum Gasteiger partial charge on any atom is -0.370 e. The SMILES string of the molecule is CC(C)C1CCN(c2ccc(CC3CCC(=O)NC3=O)nc2)CC1. The molecule has 2 aliphatic rings. The Morgan fingerprint density at radius 3 is 2.54 bits per heavy atom. The van der Waals surface area contributed by atoms with E-state index in [2.05, 4.69) is 35.1 Å². The number of anilines is 1. The molecule has 0 saturated carbocycles. The molecule has 0 radical (unpaired) electrons. The highest BCUT2D eigenvalue weighted by Crippen LogP contribution is 2.27. The second kappa shape index (κ2) is 7.32. The van der Waals surface area contributed by atoms with E-state index in [0.29, 0.717) is 19.3 Å². The normalized spacial score (nSPS) is 22.8. The maximum Gasteiger partial charge on any atom is 0.230 e. The summed E-state index contributed by atoms with van der Waals surface area (Å²) in [5.74, 6) is 1.14. The molecular formula is C19H27N3O2. The van der Waals surface area contributed by atoms with Crippen LogP contribution in [0.1, 0.15) is 45.2 Å². The molecule has 0 aliphatic carbocycles. The van der Waals surface area contributed by atoms with Crippen molar-refractivity contribution in [1.29, 1.82) is 0 Å². The minimum absolute atomic E-state index is 0.136. The molecule has 5 nitrogen and oxygen atoms in total. The molecule has 1 aromatic rings. The van der Waals surface area contributed by atoms with Crippen molar-refractivity contribution in [3.05, 3.63) is 24.0 Å². The number of carbonyl (C=O) groups excluding carboxylic acids is 2. The van der Waals surface area contributed by atoms with Crippen LogP contribution in [0.15, 0.2) is 18.3 Å². The van der Waals surface area contributed by atoms with Gasteiger partial charge < -0.3 is 4.90 Å². The largest absolute Gasteiger partial charge is 0.370 e. The number of hydrogen-bond acceptors (Lipinski definition) is 4. The number of amides is 2. The van der Waals surface area contributed by atoms with Crippen LogP contribution >= 0.6 is 0 Å². The van der Waals surface area contributed by atoms with Gasteiger partial charge in [0.05, 0.1) is 11.9 Å². The monoisotopic (exact) mass is 329 g/mol. The quantitative estimate of drug-likeness (QED) is 0.862. The lowest BCUT2D eigenvalue weighted by Gasteiger charge is -2.35. The summed E-state index contributed by atoms with van der Waals surface area (Å²) < 4.78 is 0. The average molecular weight is 329 g/mol. The molecule has 1 unspecified atom stereocenters. The molecule has 2 aliphatic heterocycles. The molecule has 2 saturated heterocycles. The highest BCUT2D eigenvalue weighted by atomic mass is 16.2. The van der Waals surface area contributed by atoms with Gasteiger partial charge in [0.25, 0.3) is 0 Å². The van der Waals surface area contributed by atoms with E-state index in [4.69, 9.17) is 0 Å². The summed E-state index contributed by atoms with van der Waals surface area (Å²) in [6.07, 6.45) is 6.08. The van der Waals surface area contributed by atoms with E-state index >= 15 is 0 Å². The second-order valence-corrected chi connectivity index (χ2v) is 7.43. The molecule has 130 valence electrons. The van der Waals surface area contributed by atoms with Gasteiger partial charge in [-0.2, -0.15) is 0 Å². The van der Waals surface area contributed by atoms with Crippen LogP contribution in [0.5, 0.6) is 0 Å². The van der Waals surface area contributed by atoms with Crippen molar-refractivity contribution in [3.8, 4) is 0 Å². The van der Waals surface area contributed by atoms with Gasteiger partial charge in [-0.15, -0.1) is 0 Å². The van der Waals surface area contributed by atoms with E-state index in [-0.39, 0.29) is 17.7 Å². The Balaban J connectivity index is 1.56. The summed E-state index contributed by atoms with van der Waals surface area (Å²) in [7, 11) is 0. The fraction of sp³-hybridized carbons (Fsp3) is 0.632. The lowest BCUT2D eigenvalue weighted by Crippen LogP contribution is -2.41. The molecule has 24 heavy (non-hydrogen) atoms. The van der Waals surface area contributed by atoms with Crippen molar-refractivity contribution in [2.24, 2.45) is 17.8 Å². The predicted octanol–water partition coefficient (Wildman–Crippen LogP) is 2.55. The first-order valence-corrected chi connectivity index (χ1v) is 9.06. The number of carbonyl (C=O) groups is 2. The van der Waals surface area contributed by atoms with Crippen molar-refractivity contribution in [2.45, 2.75) is 46.0 Å². The summed E-state index contributed by atoms with van der Waals surface area (Å²) >= 11 is 0. The predicted molar refractivity (Wildman–Crippen MR) is 93.6 cm³/mol. The van der Waals surface area contributed by atoms with E-state index in [0.717, 1.165) is 30.6 Å². The smallest absolute Gasteiger partial charge is 0.230 e. The number of hydrogen-bond donors (Lipinski definition) is 1. The summed E-state index contributed by atoms with van der Waals surface area (Å²) in [6, 6.07) is 4.14. The van der Waals surface area contributed by atoms with Crippen LogP contribution in [-0.4, -0.2) is 29.9 Å². The number of aromatic nitrogens is 1. The van der Waals surface area contributed by atoms with Crippen molar-refractivity contribution >= 4 is 17.5 Å². The van der Waals surface area contributed by atoms with Crippen LogP contribution in [0.25, 0.3) is 0 Å². The highest BCUT2D eigenvalue weighted by molar-refractivity contribution is 5.98. The number of rotatable bonds is 4. The second-order valence-electron chi connectivity index (χ2n) is 7.43. The van der Waals surface area contributed by atoms with Crippen molar-refractivity contribution in [3.63, 3.8) is 0 Å². The van der Waals surface area contributed by atoms with Gasteiger partial charge >= 0.3 is 0 Å².